The van der Waals surface area contributed by atoms with Gasteiger partial charge in [-0.05, 0) is 42.9 Å². The third-order valence-corrected chi connectivity index (χ3v) is 5.70. The number of hydrogen-bond acceptors (Lipinski definition) is 4. The molecule has 1 aliphatic rings. The maximum atomic E-state index is 12.7. The molecule has 1 aliphatic carbocycles. The van der Waals surface area contributed by atoms with Gasteiger partial charge < -0.3 is 16.0 Å². The molecule has 2 atom stereocenters. The number of nitrogens with zero attached hydrogens (tertiary/aromatic N) is 2. The monoisotopic (exact) mass is 385 g/mol. The highest BCUT2D eigenvalue weighted by atomic mass is 16.2. The fraction of sp³-hybridized carbons (Fsp3) is 0.500. The molecule has 8 heteroatoms. The highest BCUT2D eigenvalue weighted by Crippen LogP contribution is 2.46. The summed E-state index contributed by atoms with van der Waals surface area (Å²) in [5, 5.41) is 12.7. The second-order valence-corrected chi connectivity index (χ2v) is 7.80. The van der Waals surface area contributed by atoms with Crippen LogP contribution in [0.4, 0.5) is 0 Å². The summed E-state index contributed by atoms with van der Waals surface area (Å²) < 4.78 is 1.67. The summed E-state index contributed by atoms with van der Waals surface area (Å²) in [6.07, 6.45) is 4.09. The molecule has 150 valence electrons. The lowest BCUT2D eigenvalue weighted by Crippen LogP contribution is -2.60. The summed E-state index contributed by atoms with van der Waals surface area (Å²) in [5.74, 6) is -0.432. The van der Waals surface area contributed by atoms with Crippen molar-refractivity contribution < 1.29 is 14.4 Å². The van der Waals surface area contributed by atoms with Crippen molar-refractivity contribution in [3.63, 3.8) is 0 Å². The van der Waals surface area contributed by atoms with E-state index in [1.165, 1.54) is 0 Å². The molecule has 3 N–H and O–H groups in total. The van der Waals surface area contributed by atoms with Gasteiger partial charge in [0.05, 0.1) is 17.3 Å². The van der Waals surface area contributed by atoms with E-state index in [9.17, 15) is 14.4 Å². The molecule has 2 aromatic rings. The minimum Gasteiger partial charge on any atom is -0.356 e. The van der Waals surface area contributed by atoms with E-state index in [4.69, 9.17) is 0 Å². The Bertz CT molecular complexity index is 889. The summed E-state index contributed by atoms with van der Waals surface area (Å²) in [7, 11) is 0. The first-order chi connectivity index (χ1) is 13.3. The first kappa shape index (κ1) is 19.9. The number of amides is 3. The maximum absolute atomic E-state index is 12.7. The summed E-state index contributed by atoms with van der Waals surface area (Å²) in [4.78, 5) is 36.1. The standard InChI is InChI=1S/C20H27N5O3/c1-4-21-17(26)11-18(27)22-12-13-10-16(20(13,2)3)24-19(28)14-6-5-9-25-15(14)7-8-23-25/h5-9,13,16H,4,10-12H2,1-3H3,(H,21,26)(H,22,27)(H,24,28). The van der Waals surface area contributed by atoms with Gasteiger partial charge in [-0.3, -0.25) is 14.4 Å². The highest BCUT2D eigenvalue weighted by molar-refractivity contribution is 6.01. The Hall–Kier alpha value is -2.90. The maximum Gasteiger partial charge on any atom is 0.253 e. The number of carbonyl (C=O) groups is 3. The fourth-order valence-electron chi connectivity index (χ4n) is 3.69. The first-order valence-corrected chi connectivity index (χ1v) is 9.59. The molecule has 1 saturated carbocycles. The zero-order chi connectivity index (χ0) is 20.3. The van der Waals surface area contributed by atoms with Crippen LogP contribution in [0.2, 0.25) is 0 Å². The predicted octanol–water partition coefficient (Wildman–Crippen LogP) is 1.12. The lowest BCUT2D eigenvalue weighted by Gasteiger charge is -2.52. The number of aromatic nitrogens is 2. The number of hydrogen-bond donors (Lipinski definition) is 3. The van der Waals surface area contributed by atoms with Crippen molar-refractivity contribution in [2.75, 3.05) is 13.1 Å². The Morgan fingerprint density at radius 1 is 1.21 bits per heavy atom. The van der Waals surface area contributed by atoms with Crippen LogP contribution < -0.4 is 16.0 Å². The van der Waals surface area contributed by atoms with Crippen molar-refractivity contribution in [2.45, 2.75) is 39.7 Å². The average molecular weight is 385 g/mol. The van der Waals surface area contributed by atoms with E-state index < -0.39 is 0 Å². The Morgan fingerprint density at radius 3 is 2.68 bits per heavy atom. The van der Waals surface area contributed by atoms with Gasteiger partial charge in [0.1, 0.15) is 6.42 Å². The van der Waals surface area contributed by atoms with E-state index in [-0.39, 0.29) is 41.5 Å². The molecular weight excluding hydrogens is 358 g/mol. The largest absolute Gasteiger partial charge is 0.356 e. The summed E-state index contributed by atoms with van der Waals surface area (Å²) in [6.45, 7) is 6.99. The van der Waals surface area contributed by atoms with Gasteiger partial charge >= 0.3 is 0 Å². The highest BCUT2D eigenvalue weighted by Gasteiger charge is 2.48. The second kappa shape index (κ2) is 8.00. The van der Waals surface area contributed by atoms with Crippen molar-refractivity contribution in [1.82, 2.24) is 25.6 Å². The lowest BCUT2D eigenvalue weighted by molar-refractivity contribution is -0.129. The first-order valence-electron chi connectivity index (χ1n) is 9.59. The summed E-state index contributed by atoms with van der Waals surface area (Å²) in [5.41, 5.74) is 1.21. The second-order valence-electron chi connectivity index (χ2n) is 7.80. The molecule has 8 nitrogen and oxygen atoms in total. The van der Waals surface area contributed by atoms with Crippen LogP contribution in [-0.2, 0) is 9.59 Å². The third-order valence-electron chi connectivity index (χ3n) is 5.70. The molecule has 0 spiro atoms. The van der Waals surface area contributed by atoms with Crippen molar-refractivity contribution in [3.8, 4) is 0 Å². The molecule has 0 bridgehead atoms. The van der Waals surface area contributed by atoms with Gasteiger partial charge in [0, 0.05) is 25.3 Å². The Balaban J connectivity index is 1.52. The quantitative estimate of drug-likeness (QED) is 0.621. The Kier molecular flexibility index (Phi) is 5.67. The zero-order valence-electron chi connectivity index (χ0n) is 16.5. The van der Waals surface area contributed by atoms with Crippen LogP contribution in [0, 0.1) is 11.3 Å². The van der Waals surface area contributed by atoms with Crippen LogP contribution in [-0.4, -0.2) is 46.5 Å². The Labute approximate surface area is 164 Å². The Morgan fingerprint density at radius 2 is 1.96 bits per heavy atom. The van der Waals surface area contributed by atoms with E-state index in [1.54, 1.807) is 29.0 Å². The van der Waals surface area contributed by atoms with Crippen LogP contribution >= 0.6 is 0 Å². The van der Waals surface area contributed by atoms with E-state index in [2.05, 4.69) is 34.9 Å². The van der Waals surface area contributed by atoms with Crippen LogP contribution in [0.3, 0.4) is 0 Å². The minimum atomic E-state index is -0.276. The smallest absolute Gasteiger partial charge is 0.253 e. The molecule has 0 radical (unpaired) electrons. The van der Waals surface area contributed by atoms with Crippen LogP contribution in [0.15, 0.2) is 30.6 Å². The van der Waals surface area contributed by atoms with Crippen molar-refractivity contribution in [3.05, 3.63) is 36.2 Å². The van der Waals surface area contributed by atoms with E-state index in [0.717, 1.165) is 11.9 Å². The lowest BCUT2D eigenvalue weighted by atomic mass is 9.58. The van der Waals surface area contributed by atoms with Gasteiger partial charge in [-0.2, -0.15) is 5.10 Å². The molecule has 28 heavy (non-hydrogen) atoms. The van der Waals surface area contributed by atoms with Gasteiger partial charge in [-0.1, -0.05) is 13.8 Å². The molecule has 1 fully saturated rings. The third kappa shape index (κ3) is 4.00. The molecule has 0 aromatic carbocycles. The predicted molar refractivity (Wildman–Crippen MR) is 105 cm³/mol. The number of rotatable bonds is 7. The molecule has 3 amide bonds. The fourth-order valence-corrected chi connectivity index (χ4v) is 3.69. The molecule has 2 unspecified atom stereocenters. The van der Waals surface area contributed by atoms with Crippen LogP contribution in [0.1, 0.15) is 44.0 Å². The van der Waals surface area contributed by atoms with Gasteiger partial charge in [-0.25, -0.2) is 4.52 Å². The van der Waals surface area contributed by atoms with E-state index in [1.807, 2.05) is 13.0 Å². The van der Waals surface area contributed by atoms with Crippen molar-refractivity contribution in [1.29, 1.82) is 0 Å². The molecule has 0 aliphatic heterocycles. The zero-order valence-corrected chi connectivity index (χ0v) is 16.5. The van der Waals surface area contributed by atoms with Crippen LogP contribution in [0.5, 0.6) is 0 Å². The van der Waals surface area contributed by atoms with E-state index in [0.29, 0.717) is 18.7 Å². The van der Waals surface area contributed by atoms with Gasteiger partial charge in [0.15, 0.2) is 0 Å². The normalized spacial score (nSPS) is 20.2. The van der Waals surface area contributed by atoms with Gasteiger partial charge in [0.25, 0.3) is 5.91 Å². The number of pyridine rings is 1. The van der Waals surface area contributed by atoms with Crippen molar-refractivity contribution in [2.24, 2.45) is 11.3 Å². The molecule has 3 rings (SSSR count). The van der Waals surface area contributed by atoms with Crippen molar-refractivity contribution >= 4 is 23.2 Å². The van der Waals surface area contributed by atoms with E-state index >= 15 is 0 Å². The van der Waals surface area contributed by atoms with Gasteiger partial charge in [-0.15, -0.1) is 0 Å². The number of carbonyl (C=O) groups excluding carboxylic acids is 3. The molecule has 2 aromatic heterocycles. The summed E-state index contributed by atoms with van der Waals surface area (Å²) >= 11 is 0. The molecular formula is C20H27N5O3. The molecule has 0 saturated heterocycles. The average Bonchev–Trinajstić information content (AvgIpc) is 3.12. The SMILES string of the molecule is CCNC(=O)CC(=O)NCC1CC(NC(=O)c2cccn3nccc23)C1(C)C. The van der Waals surface area contributed by atoms with Crippen LogP contribution in [0.25, 0.3) is 5.52 Å². The topological polar surface area (TPSA) is 105 Å². The number of fused-ring (bicyclic) bond motifs is 1. The molecule has 2 heterocycles. The number of nitrogens with one attached hydrogen (secondary N) is 3. The minimum absolute atomic E-state index is 0.0217. The summed E-state index contributed by atoms with van der Waals surface area (Å²) in [6, 6.07) is 5.42. The van der Waals surface area contributed by atoms with Gasteiger partial charge in [0.2, 0.25) is 11.8 Å².